The van der Waals surface area contributed by atoms with E-state index in [1.54, 1.807) is 13.3 Å². The fourth-order valence-corrected chi connectivity index (χ4v) is 2.04. The highest BCUT2D eigenvalue weighted by Crippen LogP contribution is 2.30. The van der Waals surface area contributed by atoms with Gasteiger partial charge in [-0.15, -0.1) is 0 Å². The van der Waals surface area contributed by atoms with Crippen molar-refractivity contribution < 1.29 is 4.74 Å². The molecule has 1 aromatic heterocycles. The molecule has 1 heterocycles. The zero-order chi connectivity index (χ0) is 10.8. The van der Waals surface area contributed by atoms with E-state index in [1.165, 1.54) is 0 Å². The summed E-state index contributed by atoms with van der Waals surface area (Å²) in [5, 5.41) is 3.96. The summed E-state index contributed by atoms with van der Waals surface area (Å²) in [6, 6.07) is 2.43. The maximum atomic E-state index is 6.02. The van der Waals surface area contributed by atoms with Crippen molar-refractivity contribution in [2.75, 3.05) is 12.4 Å². The Bertz CT molecular complexity index is 330. The summed E-state index contributed by atoms with van der Waals surface area (Å²) in [5.74, 6) is 0. The van der Waals surface area contributed by atoms with Crippen molar-refractivity contribution in [3.05, 3.63) is 23.0 Å². The highest BCUT2D eigenvalue weighted by Gasteiger charge is 2.29. The van der Waals surface area contributed by atoms with Crippen LogP contribution in [-0.2, 0) is 4.74 Å². The molecule has 0 saturated heterocycles. The normalized spacial score (nSPS) is 24.7. The lowest BCUT2D eigenvalue weighted by Crippen LogP contribution is -2.40. The van der Waals surface area contributed by atoms with Crippen LogP contribution in [0.5, 0.6) is 0 Å². The first-order chi connectivity index (χ1) is 7.20. The minimum atomic E-state index is 0.401. The summed E-state index contributed by atoms with van der Waals surface area (Å²) in [4.78, 5) is 4.06. The maximum Gasteiger partial charge on any atom is 0.152 e. The number of nitrogens with one attached hydrogen (secondary N) is 1. The smallest absolute Gasteiger partial charge is 0.152 e. The fourth-order valence-electron chi connectivity index (χ4n) is 1.78. The second-order valence-electron chi connectivity index (χ2n) is 3.96. The molecule has 3 nitrogen and oxygen atoms in total. The standard InChI is InChI=1S/C11H15ClN2O/c1-7-3-4-13-11(12)10(7)14-8-5-9(6-8)15-2/h3-4,8-9,14H,5-6H2,1-2H3. The number of rotatable bonds is 3. The first kappa shape index (κ1) is 10.7. The van der Waals surface area contributed by atoms with Crippen molar-refractivity contribution in [2.24, 2.45) is 0 Å². The summed E-state index contributed by atoms with van der Waals surface area (Å²) in [6.07, 6.45) is 4.21. The van der Waals surface area contributed by atoms with Gasteiger partial charge in [-0.1, -0.05) is 11.6 Å². The maximum absolute atomic E-state index is 6.02. The number of nitrogens with zero attached hydrogens (tertiary/aromatic N) is 1. The van der Waals surface area contributed by atoms with Gasteiger partial charge in [0.1, 0.15) is 0 Å². The minimum Gasteiger partial charge on any atom is -0.381 e. The molecular formula is C11H15ClN2O. The van der Waals surface area contributed by atoms with Gasteiger partial charge in [0.25, 0.3) is 0 Å². The number of hydrogen-bond donors (Lipinski definition) is 1. The molecule has 1 saturated carbocycles. The van der Waals surface area contributed by atoms with Gasteiger partial charge >= 0.3 is 0 Å². The number of pyridine rings is 1. The van der Waals surface area contributed by atoms with E-state index < -0.39 is 0 Å². The topological polar surface area (TPSA) is 34.1 Å². The third kappa shape index (κ3) is 2.24. The summed E-state index contributed by atoms with van der Waals surface area (Å²) >= 11 is 6.02. The van der Waals surface area contributed by atoms with Gasteiger partial charge in [0, 0.05) is 19.3 Å². The fraction of sp³-hybridized carbons (Fsp3) is 0.545. The van der Waals surface area contributed by atoms with E-state index in [4.69, 9.17) is 16.3 Å². The minimum absolute atomic E-state index is 0.401. The van der Waals surface area contributed by atoms with Crippen LogP contribution in [0.15, 0.2) is 12.3 Å². The number of aryl methyl sites for hydroxylation is 1. The van der Waals surface area contributed by atoms with Crippen molar-refractivity contribution in [1.82, 2.24) is 4.98 Å². The number of methoxy groups -OCH3 is 1. The van der Waals surface area contributed by atoms with Gasteiger partial charge in [-0.3, -0.25) is 0 Å². The van der Waals surface area contributed by atoms with E-state index in [9.17, 15) is 0 Å². The first-order valence-corrected chi connectivity index (χ1v) is 5.49. The Hall–Kier alpha value is -0.800. The van der Waals surface area contributed by atoms with Crippen LogP contribution in [0, 0.1) is 6.92 Å². The lowest BCUT2D eigenvalue weighted by molar-refractivity contribution is 0.0328. The Morgan fingerprint density at radius 3 is 2.87 bits per heavy atom. The monoisotopic (exact) mass is 226 g/mol. The molecule has 0 spiro atoms. The van der Waals surface area contributed by atoms with Gasteiger partial charge in [0.05, 0.1) is 11.8 Å². The molecule has 0 unspecified atom stereocenters. The molecule has 1 fully saturated rings. The van der Waals surface area contributed by atoms with Crippen molar-refractivity contribution in [1.29, 1.82) is 0 Å². The lowest BCUT2D eigenvalue weighted by atomic mass is 9.89. The van der Waals surface area contributed by atoms with E-state index in [2.05, 4.69) is 10.3 Å². The van der Waals surface area contributed by atoms with Crippen LogP contribution in [0.3, 0.4) is 0 Å². The van der Waals surface area contributed by atoms with Crippen LogP contribution in [0.2, 0.25) is 5.15 Å². The quantitative estimate of drug-likeness (QED) is 0.805. The van der Waals surface area contributed by atoms with Crippen LogP contribution in [-0.4, -0.2) is 24.2 Å². The van der Waals surface area contributed by atoms with Crippen molar-refractivity contribution >= 4 is 17.3 Å². The highest BCUT2D eigenvalue weighted by atomic mass is 35.5. The predicted molar refractivity (Wildman–Crippen MR) is 61.4 cm³/mol. The number of aromatic nitrogens is 1. The average Bonchev–Trinajstić information content (AvgIpc) is 2.14. The molecule has 15 heavy (non-hydrogen) atoms. The average molecular weight is 227 g/mol. The van der Waals surface area contributed by atoms with E-state index >= 15 is 0 Å². The number of ether oxygens (including phenoxy) is 1. The number of anilines is 1. The molecule has 0 amide bonds. The Labute approximate surface area is 94.8 Å². The number of halogens is 1. The molecule has 0 atom stereocenters. The van der Waals surface area contributed by atoms with Crippen LogP contribution >= 0.6 is 11.6 Å². The highest BCUT2D eigenvalue weighted by molar-refractivity contribution is 6.32. The Kier molecular flexibility index (Phi) is 3.12. The molecule has 0 radical (unpaired) electrons. The van der Waals surface area contributed by atoms with Crippen LogP contribution < -0.4 is 5.32 Å². The lowest BCUT2D eigenvalue weighted by Gasteiger charge is -2.35. The second kappa shape index (κ2) is 4.37. The zero-order valence-corrected chi connectivity index (χ0v) is 9.71. The van der Waals surface area contributed by atoms with Gasteiger partial charge in [-0.25, -0.2) is 4.98 Å². The largest absolute Gasteiger partial charge is 0.381 e. The van der Waals surface area contributed by atoms with Gasteiger partial charge in [-0.2, -0.15) is 0 Å². The molecular weight excluding hydrogens is 212 g/mol. The zero-order valence-electron chi connectivity index (χ0n) is 8.96. The van der Waals surface area contributed by atoms with E-state index in [-0.39, 0.29) is 0 Å². The molecule has 1 aliphatic carbocycles. The molecule has 82 valence electrons. The second-order valence-corrected chi connectivity index (χ2v) is 4.32. The van der Waals surface area contributed by atoms with Crippen molar-refractivity contribution in [2.45, 2.75) is 31.9 Å². The summed E-state index contributed by atoms with van der Waals surface area (Å²) in [7, 11) is 1.75. The Morgan fingerprint density at radius 2 is 2.27 bits per heavy atom. The van der Waals surface area contributed by atoms with Crippen LogP contribution in [0.4, 0.5) is 5.69 Å². The van der Waals surface area contributed by atoms with E-state index in [1.807, 2.05) is 13.0 Å². The first-order valence-electron chi connectivity index (χ1n) is 5.11. The van der Waals surface area contributed by atoms with Crippen molar-refractivity contribution in [3.63, 3.8) is 0 Å². The Morgan fingerprint density at radius 1 is 1.53 bits per heavy atom. The van der Waals surface area contributed by atoms with E-state index in [0.29, 0.717) is 17.3 Å². The summed E-state index contributed by atoms with van der Waals surface area (Å²) in [5.41, 5.74) is 2.09. The molecule has 1 N–H and O–H groups in total. The molecule has 1 aliphatic rings. The third-order valence-corrected chi connectivity index (χ3v) is 3.18. The SMILES string of the molecule is COC1CC(Nc2c(C)ccnc2Cl)C1. The molecule has 0 aromatic carbocycles. The van der Waals surface area contributed by atoms with Crippen LogP contribution in [0.1, 0.15) is 18.4 Å². The number of hydrogen-bond acceptors (Lipinski definition) is 3. The van der Waals surface area contributed by atoms with Gasteiger partial charge in [0.2, 0.25) is 0 Å². The third-order valence-electron chi connectivity index (χ3n) is 2.89. The van der Waals surface area contributed by atoms with Gasteiger partial charge in [-0.05, 0) is 31.4 Å². The van der Waals surface area contributed by atoms with E-state index in [0.717, 1.165) is 24.1 Å². The van der Waals surface area contributed by atoms with Gasteiger partial charge < -0.3 is 10.1 Å². The Balaban J connectivity index is 2.00. The predicted octanol–water partition coefficient (Wildman–Crippen LogP) is 2.63. The molecule has 2 rings (SSSR count). The molecule has 0 bridgehead atoms. The van der Waals surface area contributed by atoms with Gasteiger partial charge in [0.15, 0.2) is 5.15 Å². The molecule has 1 aromatic rings. The van der Waals surface area contributed by atoms with Crippen molar-refractivity contribution in [3.8, 4) is 0 Å². The molecule has 0 aliphatic heterocycles. The summed E-state index contributed by atoms with van der Waals surface area (Å²) < 4.78 is 5.23. The summed E-state index contributed by atoms with van der Waals surface area (Å²) in [6.45, 7) is 2.03. The van der Waals surface area contributed by atoms with Crippen LogP contribution in [0.25, 0.3) is 0 Å². The molecule has 4 heteroatoms.